The number of hydrogen-bond acceptors (Lipinski definition) is 3. The first-order valence-electron chi connectivity index (χ1n) is 2.36. The van der Waals surface area contributed by atoms with Gasteiger partial charge in [0.2, 0.25) is 0 Å². The number of rotatable bonds is 0. The Kier molecular flexibility index (Phi) is 0.932. The lowest BCUT2D eigenvalue weighted by molar-refractivity contribution is 0.698. The first-order valence-corrected chi connectivity index (χ1v) is 2.36. The number of aromatic nitrogens is 3. The standard InChI is InChI=1S/C4H8N4/c1-3-4(2)7-8(5)6-3/h5H2,1-2H3. The van der Waals surface area contributed by atoms with E-state index in [4.69, 9.17) is 5.84 Å². The van der Waals surface area contributed by atoms with Gasteiger partial charge in [0.1, 0.15) is 0 Å². The van der Waals surface area contributed by atoms with E-state index >= 15 is 0 Å². The van der Waals surface area contributed by atoms with Gasteiger partial charge >= 0.3 is 0 Å². The second-order valence-corrected chi connectivity index (χ2v) is 1.69. The second-order valence-electron chi connectivity index (χ2n) is 1.69. The first-order chi connectivity index (χ1) is 3.70. The highest BCUT2D eigenvalue weighted by molar-refractivity contribution is 5.02. The Morgan fingerprint density at radius 3 is 1.75 bits per heavy atom. The van der Waals surface area contributed by atoms with Crippen LogP contribution in [0, 0.1) is 13.8 Å². The Morgan fingerprint density at radius 1 is 1.25 bits per heavy atom. The van der Waals surface area contributed by atoms with Crippen molar-refractivity contribution in [2.24, 2.45) is 0 Å². The summed E-state index contributed by atoms with van der Waals surface area (Å²) in [5.41, 5.74) is 1.76. The van der Waals surface area contributed by atoms with Gasteiger partial charge in [0.25, 0.3) is 0 Å². The molecule has 0 aromatic carbocycles. The molecule has 1 rings (SSSR count). The second kappa shape index (κ2) is 1.47. The van der Waals surface area contributed by atoms with Crippen molar-refractivity contribution in [2.75, 3.05) is 5.84 Å². The van der Waals surface area contributed by atoms with Crippen LogP contribution in [0.2, 0.25) is 0 Å². The largest absolute Gasteiger partial charge is 0.306 e. The minimum Gasteiger partial charge on any atom is -0.306 e. The predicted octanol–water partition coefficient (Wildman–Crippen LogP) is -0.391. The molecule has 0 radical (unpaired) electrons. The van der Waals surface area contributed by atoms with E-state index in [9.17, 15) is 0 Å². The molecule has 0 unspecified atom stereocenters. The van der Waals surface area contributed by atoms with Crippen molar-refractivity contribution in [2.45, 2.75) is 13.8 Å². The molecule has 8 heavy (non-hydrogen) atoms. The normalized spacial score (nSPS) is 9.75. The summed E-state index contributed by atoms with van der Waals surface area (Å²) >= 11 is 0. The molecule has 0 bridgehead atoms. The lowest BCUT2D eigenvalue weighted by Gasteiger charge is -1.78. The van der Waals surface area contributed by atoms with Crippen LogP contribution in [0.3, 0.4) is 0 Å². The van der Waals surface area contributed by atoms with Crippen LogP contribution in [-0.2, 0) is 0 Å². The molecule has 1 heterocycles. The molecule has 0 aliphatic heterocycles. The summed E-state index contributed by atoms with van der Waals surface area (Å²) in [5.74, 6) is 5.17. The molecule has 0 saturated carbocycles. The van der Waals surface area contributed by atoms with Gasteiger partial charge in [-0.2, -0.15) is 0 Å². The molecular weight excluding hydrogens is 104 g/mol. The maximum absolute atomic E-state index is 5.17. The van der Waals surface area contributed by atoms with Crippen molar-refractivity contribution < 1.29 is 0 Å². The van der Waals surface area contributed by atoms with E-state index in [1.165, 1.54) is 0 Å². The fraction of sp³-hybridized carbons (Fsp3) is 0.500. The van der Waals surface area contributed by atoms with Gasteiger partial charge in [-0.1, -0.05) is 4.91 Å². The Morgan fingerprint density at radius 2 is 1.62 bits per heavy atom. The lowest BCUT2D eigenvalue weighted by Crippen LogP contribution is -2.11. The van der Waals surface area contributed by atoms with Crippen molar-refractivity contribution in [3.05, 3.63) is 11.4 Å². The van der Waals surface area contributed by atoms with Gasteiger partial charge in [0.05, 0.1) is 11.4 Å². The molecule has 44 valence electrons. The highest BCUT2D eigenvalue weighted by Gasteiger charge is 1.95. The zero-order chi connectivity index (χ0) is 6.15. The van der Waals surface area contributed by atoms with Crippen LogP contribution >= 0.6 is 0 Å². The highest BCUT2D eigenvalue weighted by atomic mass is 15.6. The molecule has 0 aliphatic carbocycles. The van der Waals surface area contributed by atoms with Crippen LogP contribution in [0.15, 0.2) is 0 Å². The summed E-state index contributed by atoms with van der Waals surface area (Å²) in [5, 5.41) is 7.59. The molecule has 1 aromatic heterocycles. The molecule has 4 nitrogen and oxygen atoms in total. The summed E-state index contributed by atoms with van der Waals surface area (Å²) in [6.07, 6.45) is 0. The smallest absolute Gasteiger partial charge is 0.0847 e. The van der Waals surface area contributed by atoms with Crippen molar-refractivity contribution in [1.29, 1.82) is 0 Å². The highest BCUT2D eigenvalue weighted by Crippen LogP contribution is 1.93. The summed E-state index contributed by atoms with van der Waals surface area (Å²) in [6.45, 7) is 3.73. The van der Waals surface area contributed by atoms with Gasteiger partial charge in [-0.15, -0.1) is 10.2 Å². The van der Waals surface area contributed by atoms with Crippen molar-refractivity contribution in [1.82, 2.24) is 15.1 Å². The first kappa shape index (κ1) is 5.08. The summed E-state index contributed by atoms with van der Waals surface area (Å²) < 4.78 is 0. The minimum atomic E-state index is 0.882. The molecule has 4 heteroatoms. The maximum Gasteiger partial charge on any atom is 0.0847 e. The van der Waals surface area contributed by atoms with Gasteiger partial charge in [-0.25, -0.2) is 0 Å². The van der Waals surface area contributed by atoms with Crippen molar-refractivity contribution >= 4 is 0 Å². The molecule has 0 aliphatic rings. The topological polar surface area (TPSA) is 56.7 Å². The van der Waals surface area contributed by atoms with Crippen molar-refractivity contribution in [3.8, 4) is 0 Å². The van der Waals surface area contributed by atoms with Gasteiger partial charge in [-0.05, 0) is 13.8 Å². The molecule has 0 amide bonds. The van der Waals surface area contributed by atoms with Crippen LogP contribution in [0.1, 0.15) is 11.4 Å². The quantitative estimate of drug-likeness (QED) is 0.465. The molecule has 0 atom stereocenters. The summed E-state index contributed by atoms with van der Waals surface area (Å²) in [6, 6.07) is 0. The van der Waals surface area contributed by atoms with E-state index in [-0.39, 0.29) is 0 Å². The maximum atomic E-state index is 5.17. The van der Waals surface area contributed by atoms with Gasteiger partial charge < -0.3 is 5.84 Å². The fourth-order valence-electron chi connectivity index (χ4n) is 0.474. The predicted molar refractivity (Wildman–Crippen MR) is 29.6 cm³/mol. The minimum absolute atomic E-state index is 0.882. The summed E-state index contributed by atoms with van der Waals surface area (Å²) in [7, 11) is 0. The number of nitrogens with two attached hydrogens (primary N) is 1. The monoisotopic (exact) mass is 112 g/mol. The van der Waals surface area contributed by atoms with Crippen LogP contribution < -0.4 is 5.84 Å². The van der Waals surface area contributed by atoms with E-state index in [2.05, 4.69) is 10.2 Å². The van der Waals surface area contributed by atoms with E-state index < -0.39 is 0 Å². The Bertz CT molecular complexity index is 170. The van der Waals surface area contributed by atoms with Gasteiger partial charge in [0, 0.05) is 0 Å². The third-order valence-electron chi connectivity index (χ3n) is 1.03. The third kappa shape index (κ3) is 0.641. The molecule has 0 fully saturated rings. The zero-order valence-corrected chi connectivity index (χ0v) is 4.92. The van der Waals surface area contributed by atoms with E-state index in [0.717, 1.165) is 16.3 Å². The summed E-state index contributed by atoms with van der Waals surface area (Å²) in [4.78, 5) is 1.07. The Hall–Kier alpha value is -1.06. The Labute approximate surface area is 47.3 Å². The van der Waals surface area contributed by atoms with Gasteiger partial charge in [-0.3, -0.25) is 0 Å². The number of aryl methyl sites for hydroxylation is 2. The van der Waals surface area contributed by atoms with E-state index in [0.29, 0.717) is 0 Å². The van der Waals surface area contributed by atoms with Crippen LogP contribution in [0.4, 0.5) is 0 Å². The zero-order valence-electron chi connectivity index (χ0n) is 4.92. The van der Waals surface area contributed by atoms with Gasteiger partial charge in [0.15, 0.2) is 0 Å². The lowest BCUT2D eigenvalue weighted by atomic mass is 10.4. The van der Waals surface area contributed by atoms with Crippen LogP contribution in [-0.4, -0.2) is 15.1 Å². The van der Waals surface area contributed by atoms with E-state index in [1.807, 2.05) is 13.8 Å². The van der Waals surface area contributed by atoms with E-state index in [1.54, 1.807) is 0 Å². The number of nitrogen functional groups attached to an aromatic ring is 1. The molecular formula is C4H8N4. The van der Waals surface area contributed by atoms with Crippen LogP contribution in [0.5, 0.6) is 0 Å². The average molecular weight is 112 g/mol. The molecule has 2 N–H and O–H groups in total. The number of nitrogens with zero attached hydrogens (tertiary/aromatic N) is 3. The molecule has 0 spiro atoms. The van der Waals surface area contributed by atoms with Crippen molar-refractivity contribution in [3.63, 3.8) is 0 Å². The fourth-order valence-corrected chi connectivity index (χ4v) is 0.474. The average Bonchev–Trinajstić information content (AvgIpc) is 1.85. The Balaban J connectivity index is 3.14. The number of hydrogen-bond donors (Lipinski definition) is 1. The van der Waals surface area contributed by atoms with Crippen LogP contribution in [0.25, 0.3) is 0 Å². The molecule has 1 aromatic rings. The third-order valence-corrected chi connectivity index (χ3v) is 1.03. The SMILES string of the molecule is Cc1nn(N)nc1C. The molecule has 0 saturated heterocycles.